The molecule has 1 atom stereocenters. The third kappa shape index (κ3) is 3.56. The van der Waals surface area contributed by atoms with Crippen molar-refractivity contribution in [3.05, 3.63) is 101 Å². The van der Waals surface area contributed by atoms with Gasteiger partial charge in [0.05, 0.1) is 24.5 Å². The molecule has 5 rings (SSSR count). The van der Waals surface area contributed by atoms with E-state index in [2.05, 4.69) is 10.6 Å². The molecule has 3 aromatic carbocycles. The number of rotatable bonds is 4. The number of ketones is 2. The summed E-state index contributed by atoms with van der Waals surface area (Å²) in [5.74, 6) is 0.833. The molecule has 3 aromatic rings. The van der Waals surface area contributed by atoms with E-state index >= 15 is 0 Å². The standard InChI is InChI=1S/C27H24N2O3/c1-32-24-13-6-5-10-19(24)26-25-21(11-7-12-23(25)30)28-22-16-18(14-15-20(22)29-26)27(31)17-8-3-2-4-9-17/h2-6,8-10,13-16,26,28-29H,7,11-12H2,1H3. The van der Waals surface area contributed by atoms with Gasteiger partial charge in [-0.25, -0.2) is 0 Å². The van der Waals surface area contributed by atoms with Gasteiger partial charge >= 0.3 is 0 Å². The molecule has 0 aromatic heterocycles. The largest absolute Gasteiger partial charge is 0.496 e. The first-order chi connectivity index (χ1) is 15.7. The number of fused-ring (bicyclic) bond motifs is 1. The average Bonchev–Trinajstić information content (AvgIpc) is 3.01. The lowest BCUT2D eigenvalue weighted by Crippen LogP contribution is -2.23. The van der Waals surface area contributed by atoms with Crippen molar-refractivity contribution in [3.63, 3.8) is 0 Å². The molecule has 1 unspecified atom stereocenters. The number of nitrogens with one attached hydrogen (secondary N) is 2. The summed E-state index contributed by atoms with van der Waals surface area (Å²) in [7, 11) is 1.64. The number of para-hydroxylation sites is 1. The molecule has 2 aliphatic rings. The Bertz CT molecular complexity index is 1230. The van der Waals surface area contributed by atoms with E-state index in [0.717, 1.165) is 46.8 Å². The second kappa shape index (κ2) is 8.35. The van der Waals surface area contributed by atoms with Gasteiger partial charge in [-0.1, -0.05) is 48.5 Å². The van der Waals surface area contributed by atoms with Crippen LogP contribution >= 0.6 is 0 Å². The van der Waals surface area contributed by atoms with Gasteiger partial charge in [-0.15, -0.1) is 0 Å². The van der Waals surface area contributed by atoms with Crippen LogP contribution in [0.25, 0.3) is 0 Å². The summed E-state index contributed by atoms with van der Waals surface area (Å²) < 4.78 is 5.60. The van der Waals surface area contributed by atoms with Gasteiger partial charge in [0.25, 0.3) is 0 Å². The molecule has 0 saturated carbocycles. The lowest BCUT2D eigenvalue weighted by molar-refractivity contribution is -0.116. The molecule has 5 heteroatoms. The molecule has 1 aliphatic heterocycles. The fourth-order valence-electron chi connectivity index (χ4n) is 4.53. The zero-order valence-electron chi connectivity index (χ0n) is 17.9. The summed E-state index contributed by atoms with van der Waals surface area (Å²) in [6, 6.07) is 22.3. The van der Waals surface area contributed by atoms with Gasteiger partial charge in [0.2, 0.25) is 0 Å². The van der Waals surface area contributed by atoms with E-state index in [-0.39, 0.29) is 17.6 Å². The summed E-state index contributed by atoms with van der Waals surface area (Å²) in [5, 5.41) is 7.03. The molecule has 0 fully saturated rings. The lowest BCUT2D eigenvalue weighted by Gasteiger charge is -2.26. The first-order valence-corrected chi connectivity index (χ1v) is 10.8. The highest BCUT2D eigenvalue weighted by molar-refractivity contribution is 6.10. The minimum Gasteiger partial charge on any atom is -0.496 e. The number of carbonyl (C=O) groups excluding carboxylic acids is 2. The van der Waals surface area contributed by atoms with E-state index in [0.29, 0.717) is 17.5 Å². The van der Waals surface area contributed by atoms with Crippen molar-refractivity contribution < 1.29 is 14.3 Å². The molecule has 0 radical (unpaired) electrons. The molecule has 5 nitrogen and oxygen atoms in total. The van der Waals surface area contributed by atoms with E-state index in [4.69, 9.17) is 4.74 Å². The molecular weight excluding hydrogens is 400 g/mol. The van der Waals surface area contributed by atoms with Crippen LogP contribution < -0.4 is 15.4 Å². The summed E-state index contributed by atoms with van der Waals surface area (Å²) >= 11 is 0. The molecule has 1 aliphatic carbocycles. The number of carbonyl (C=O) groups is 2. The Labute approximate surface area is 187 Å². The molecule has 0 spiro atoms. The SMILES string of the molecule is COc1ccccc1C1Nc2ccc(C(=O)c3ccccc3)cc2NC2=C1C(=O)CCC2. The summed E-state index contributed by atoms with van der Waals surface area (Å²) in [6.45, 7) is 0. The van der Waals surface area contributed by atoms with Crippen LogP contribution in [0.3, 0.4) is 0 Å². The van der Waals surface area contributed by atoms with Gasteiger partial charge in [-0.2, -0.15) is 0 Å². The van der Waals surface area contributed by atoms with Crippen LogP contribution in [0.4, 0.5) is 11.4 Å². The minimum absolute atomic E-state index is 0.0327. The van der Waals surface area contributed by atoms with Crippen molar-refractivity contribution in [1.29, 1.82) is 0 Å². The first-order valence-electron chi connectivity index (χ1n) is 10.8. The van der Waals surface area contributed by atoms with Crippen LogP contribution in [0.15, 0.2) is 84.1 Å². The van der Waals surface area contributed by atoms with E-state index in [1.165, 1.54) is 0 Å². The fourth-order valence-corrected chi connectivity index (χ4v) is 4.53. The molecular formula is C27H24N2O3. The number of anilines is 2. The number of allylic oxidation sites excluding steroid dienone is 1. The Morgan fingerprint density at radius 3 is 2.50 bits per heavy atom. The Kier molecular flexibility index (Phi) is 5.23. The van der Waals surface area contributed by atoms with Crippen LogP contribution in [0.2, 0.25) is 0 Å². The number of Topliss-reactive ketones (excluding diaryl/α,β-unsaturated/α-hetero) is 1. The van der Waals surface area contributed by atoms with Gasteiger partial charge in [-0.05, 0) is 37.1 Å². The fraction of sp³-hybridized carbons (Fsp3) is 0.185. The normalized spacial score (nSPS) is 17.4. The van der Waals surface area contributed by atoms with Crippen molar-refractivity contribution in [3.8, 4) is 5.75 Å². The van der Waals surface area contributed by atoms with Crippen LogP contribution in [-0.4, -0.2) is 18.7 Å². The molecule has 0 saturated heterocycles. The van der Waals surface area contributed by atoms with E-state index in [1.54, 1.807) is 7.11 Å². The summed E-state index contributed by atoms with van der Waals surface area (Å²) in [6.07, 6.45) is 2.12. The highest BCUT2D eigenvalue weighted by Crippen LogP contribution is 2.43. The highest BCUT2D eigenvalue weighted by atomic mass is 16.5. The number of methoxy groups -OCH3 is 1. The van der Waals surface area contributed by atoms with E-state index in [1.807, 2.05) is 72.8 Å². The lowest BCUT2D eigenvalue weighted by atomic mass is 9.86. The second-order valence-electron chi connectivity index (χ2n) is 8.07. The van der Waals surface area contributed by atoms with Crippen LogP contribution in [-0.2, 0) is 4.79 Å². The Morgan fingerprint density at radius 2 is 1.69 bits per heavy atom. The average molecular weight is 425 g/mol. The smallest absolute Gasteiger partial charge is 0.193 e. The van der Waals surface area contributed by atoms with Crippen molar-refractivity contribution in [2.45, 2.75) is 25.3 Å². The summed E-state index contributed by atoms with van der Waals surface area (Å²) in [4.78, 5) is 26.0. The van der Waals surface area contributed by atoms with Crippen LogP contribution in [0.5, 0.6) is 5.75 Å². The topological polar surface area (TPSA) is 67.4 Å². The van der Waals surface area contributed by atoms with Crippen molar-refractivity contribution in [2.75, 3.05) is 17.7 Å². The molecule has 0 bridgehead atoms. The highest BCUT2D eigenvalue weighted by Gasteiger charge is 2.33. The molecule has 1 heterocycles. The van der Waals surface area contributed by atoms with Crippen molar-refractivity contribution in [1.82, 2.24) is 0 Å². The van der Waals surface area contributed by atoms with Gasteiger partial charge < -0.3 is 15.4 Å². The number of ether oxygens (including phenoxy) is 1. The second-order valence-corrected chi connectivity index (χ2v) is 8.07. The maximum atomic E-state index is 13.0. The first kappa shape index (κ1) is 20.1. The predicted molar refractivity (Wildman–Crippen MR) is 125 cm³/mol. The van der Waals surface area contributed by atoms with Gasteiger partial charge in [0, 0.05) is 34.4 Å². The molecule has 32 heavy (non-hydrogen) atoms. The Balaban J connectivity index is 1.60. The maximum absolute atomic E-state index is 13.0. The molecule has 2 N–H and O–H groups in total. The van der Waals surface area contributed by atoms with Gasteiger partial charge in [0.1, 0.15) is 5.75 Å². The molecule has 0 amide bonds. The zero-order chi connectivity index (χ0) is 22.1. The van der Waals surface area contributed by atoms with Gasteiger partial charge in [0.15, 0.2) is 11.6 Å². The predicted octanol–water partition coefficient (Wildman–Crippen LogP) is 5.51. The van der Waals surface area contributed by atoms with E-state index in [9.17, 15) is 9.59 Å². The third-order valence-corrected chi connectivity index (χ3v) is 6.10. The minimum atomic E-state index is -0.335. The number of hydrogen-bond acceptors (Lipinski definition) is 5. The molecule has 160 valence electrons. The Hall–Kier alpha value is -3.86. The quantitative estimate of drug-likeness (QED) is 0.541. The number of hydrogen-bond donors (Lipinski definition) is 2. The van der Waals surface area contributed by atoms with Crippen LogP contribution in [0.1, 0.15) is 46.8 Å². The number of benzene rings is 3. The van der Waals surface area contributed by atoms with Crippen molar-refractivity contribution >= 4 is 22.9 Å². The van der Waals surface area contributed by atoms with E-state index < -0.39 is 0 Å². The monoisotopic (exact) mass is 424 g/mol. The maximum Gasteiger partial charge on any atom is 0.193 e. The van der Waals surface area contributed by atoms with Crippen LogP contribution in [0, 0.1) is 0 Å². The Morgan fingerprint density at radius 1 is 0.906 bits per heavy atom. The summed E-state index contributed by atoms with van der Waals surface area (Å²) in [5.41, 5.74) is 5.45. The van der Waals surface area contributed by atoms with Gasteiger partial charge in [-0.3, -0.25) is 9.59 Å². The van der Waals surface area contributed by atoms with Crippen molar-refractivity contribution in [2.24, 2.45) is 0 Å². The zero-order valence-corrected chi connectivity index (χ0v) is 17.9. The third-order valence-electron chi connectivity index (χ3n) is 6.10.